The summed E-state index contributed by atoms with van der Waals surface area (Å²) in [5.41, 5.74) is -1.06. The highest BCUT2D eigenvalue weighted by molar-refractivity contribution is 5.79. The molecule has 0 heterocycles. The van der Waals surface area contributed by atoms with Crippen LogP contribution in [0.5, 0.6) is 0 Å². The Morgan fingerprint density at radius 3 is 2.36 bits per heavy atom. The molecule has 0 aromatic carbocycles. The molecule has 0 aliphatic rings. The number of methoxy groups -OCH3 is 1. The Balaban J connectivity index is 4.39. The van der Waals surface area contributed by atoms with Crippen LogP contribution in [0, 0.1) is 0 Å². The maximum Gasteiger partial charge on any atom is 0.330 e. The maximum atomic E-state index is 11.3. The van der Waals surface area contributed by atoms with E-state index in [0.717, 1.165) is 5.23 Å². The van der Waals surface area contributed by atoms with Crippen molar-refractivity contribution in [1.29, 1.82) is 0 Å². The number of nitrogens with zero attached hydrogens (tertiary/aromatic N) is 1. The van der Waals surface area contributed by atoms with E-state index in [1.807, 2.05) is 0 Å². The molecular weight excluding hydrogens is 190 g/mol. The van der Waals surface area contributed by atoms with E-state index in [0.29, 0.717) is 0 Å². The van der Waals surface area contributed by atoms with Crippen molar-refractivity contribution in [2.45, 2.75) is 19.4 Å². The van der Waals surface area contributed by atoms with Crippen LogP contribution in [0.2, 0.25) is 0 Å². The quantitative estimate of drug-likeness (QED) is 0.477. The van der Waals surface area contributed by atoms with E-state index in [1.54, 1.807) is 13.8 Å². The third-order valence-corrected chi connectivity index (χ3v) is 1.61. The third-order valence-electron chi connectivity index (χ3n) is 1.61. The average Bonchev–Trinajstić information content (AvgIpc) is 2.17. The van der Waals surface area contributed by atoms with E-state index in [1.165, 1.54) is 14.2 Å². The summed E-state index contributed by atoms with van der Waals surface area (Å²) in [6.45, 7) is 3.06. The van der Waals surface area contributed by atoms with E-state index >= 15 is 0 Å². The number of hydrogen-bond donors (Lipinski definition) is 1. The van der Waals surface area contributed by atoms with Gasteiger partial charge >= 0.3 is 5.97 Å². The molecular formula is C8H17NO5. The number of aliphatic hydroxyl groups is 1. The van der Waals surface area contributed by atoms with Crippen molar-refractivity contribution in [2.75, 3.05) is 27.4 Å². The van der Waals surface area contributed by atoms with Crippen molar-refractivity contribution < 1.29 is 24.3 Å². The van der Waals surface area contributed by atoms with Gasteiger partial charge in [-0.25, -0.2) is 4.79 Å². The van der Waals surface area contributed by atoms with Crippen LogP contribution in [-0.2, 0) is 19.2 Å². The Labute approximate surface area is 83.3 Å². The van der Waals surface area contributed by atoms with Crippen molar-refractivity contribution >= 4 is 5.97 Å². The Morgan fingerprint density at radius 2 is 2.00 bits per heavy atom. The minimum Gasteiger partial charge on any atom is -0.468 e. The predicted molar refractivity (Wildman–Crippen MR) is 48.0 cm³/mol. The summed E-state index contributed by atoms with van der Waals surface area (Å²) in [4.78, 5) is 21.1. The van der Waals surface area contributed by atoms with Crippen LogP contribution >= 0.6 is 0 Å². The monoisotopic (exact) mass is 207 g/mol. The molecule has 0 atom stereocenters. The first kappa shape index (κ1) is 13.3. The average molecular weight is 207 g/mol. The SMILES string of the molecule is COC(=O)C(C)(C)N(OC)OCCO. The molecule has 84 valence electrons. The molecule has 0 rings (SSSR count). The van der Waals surface area contributed by atoms with Gasteiger partial charge in [-0.15, -0.1) is 0 Å². The van der Waals surface area contributed by atoms with Gasteiger partial charge in [-0.1, -0.05) is 0 Å². The fourth-order valence-electron chi connectivity index (χ4n) is 0.890. The van der Waals surface area contributed by atoms with Crippen LogP contribution in [0.25, 0.3) is 0 Å². The molecule has 1 N–H and O–H groups in total. The number of hydroxylamine groups is 2. The van der Waals surface area contributed by atoms with Crippen LogP contribution in [-0.4, -0.2) is 49.3 Å². The Bertz CT molecular complexity index is 183. The second-order valence-corrected chi connectivity index (χ2v) is 3.05. The standard InChI is InChI=1S/C8H17NO5/c1-8(2,7(11)12-3)9(13-4)14-6-5-10/h10H,5-6H2,1-4H3. The van der Waals surface area contributed by atoms with Crippen LogP contribution in [0.1, 0.15) is 13.8 Å². The zero-order chi connectivity index (χ0) is 11.2. The molecule has 0 radical (unpaired) electrons. The Hall–Kier alpha value is -0.690. The van der Waals surface area contributed by atoms with Gasteiger partial charge in [0.2, 0.25) is 0 Å². The lowest BCUT2D eigenvalue weighted by Gasteiger charge is -2.31. The van der Waals surface area contributed by atoms with Gasteiger partial charge in [-0.2, -0.15) is 0 Å². The summed E-state index contributed by atoms with van der Waals surface area (Å²) in [7, 11) is 2.64. The largest absolute Gasteiger partial charge is 0.468 e. The van der Waals surface area contributed by atoms with Crippen LogP contribution in [0.4, 0.5) is 0 Å². The van der Waals surface area contributed by atoms with Gasteiger partial charge in [0.15, 0.2) is 5.54 Å². The van der Waals surface area contributed by atoms with Crippen molar-refractivity contribution in [2.24, 2.45) is 0 Å². The second kappa shape index (κ2) is 5.92. The number of esters is 1. The van der Waals surface area contributed by atoms with Crippen molar-refractivity contribution in [3.63, 3.8) is 0 Å². The first-order valence-corrected chi connectivity index (χ1v) is 4.17. The first-order chi connectivity index (χ1) is 6.50. The highest BCUT2D eigenvalue weighted by Gasteiger charge is 2.38. The molecule has 0 unspecified atom stereocenters. The molecule has 6 heteroatoms. The van der Waals surface area contributed by atoms with Gasteiger partial charge in [0.25, 0.3) is 0 Å². The highest BCUT2D eigenvalue weighted by atomic mass is 16.9. The molecule has 0 aromatic heterocycles. The molecule has 0 amide bonds. The van der Waals surface area contributed by atoms with Gasteiger partial charge < -0.3 is 9.84 Å². The van der Waals surface area contributed by atoms with Crippen LogP contribution < -0.4 is 0 Å². The molecule has 0 saturated carbocycles. The summed E-state index contributed by atoms with van der Waals surface area (Å²) < 4.78 is 4.57. The maximum absolute atomic E-state index is 11.3. The number of rotatable bonds is 6. The summed E-state index contributed by atoms with van der Waals surface area (Å²) in [5, 5.41) is 9.54. The van der Waals surface area contributed by atoms with Gasteiger partial charge in [0, 0.05) is 0 Å². The van der Waals surface area contributed by atoms with E-state index in [-0.39, 0.29) is 13.2 Å². The lowest BCUT2D eigenvalue weighted by Crippen LogP contribution is -2.50. The van der Waals surface area contributed by atoms with E-state index in [9.17, 15) is 4.79 Å². The number of ether oxygens (including phenoxy) is 1. The number of carbonyl (C=O) groups excluding carboxylic acids is 1. The highest BCUT2D eigenvalue weighted by Crippen LogP contribution is 2.16. The molecule has 6 nitrogen and oxygen atoms in total. The molecule has 0 bridgehead atoms. The second-order valence-electron chi connectivity index (χ2n) is 3.05. The van der Waals surface area contributed by atoms with Crippen molar-refractivity contribution in [3.8, 4) is 0 Å². The Kier molecular flexibility index (Phi) is 5.63. The molecule has 0 aliphatic carbocycles. The Morgan fingerprint density at radius 1 is 1.43 bits per heavy atom. The zero-order valence-corrected chi connectivity index (χ0v) is 8.94. The van der Waals surface area contributed by atoms with E-state index < -0.39 is 11.5 Å². The lowest BCUT2D eigenvalue weighted by molar-refractivity contribution is -0.392. The summed E-state index contributed by atoms with van der Waals surface area (Å²) >= 11 is 0. The molecule has 0 aromatic rings. The van der Waals surface area contributed by atoms with E-state index in [4.69, 9.17) is 14.8 Å². The minimum atomic E-state index is -1.06. The van der Waals surface area contributed by atoms with Crippen molar-refractivity contribution in [3.05, 3.63) is 0 Å². The normalized spacial score (nSPS) is 11.9. The van der Waals surface area contributed by atoms with Gasteiger partial charge in [0.05, 0.1) is 27.4 Å². The molecule has 0 fully saturated rings. The number of hydrogen-bond acceptors (Lipinski definition) is 6. The van der Waals surface area contributed by atoms with Gasteiger partial charge in [0.1, 0.15) is 0 Å². The van der Waals surface area contributed by atoms with Crippen molar-refractivity contribution in [1.82, 2.24) is 5.23 Å². The van der Waals surface area contributed by atoms with Gasteiger partial charge in [-0.05, 0) is 19.1 Å². The van der Waals surface area contributed by atoms with Crippen LogP contribution in [0.15, 0.2) is 0 Å². The van der Waals surface area contributed by atoms with E-state index in [2.05, 4.69) is 4.74 Å². The number of aliphatic hydroxyl groups excluding tert-OH is 1. The molecule has 14 heavy (non-hydrogen) atoms. The zero-order valence-electron chi connectivity index (χ0n) is 8.94. The minimum absolute atomic E-state index is 0.0499. The fourth-order valence-corrected chi connectivity index (χ4v) is 0.890. The summed E-state index contributed by atoms with van der Waals surface area (Å²) in [6.07, 6.45) is 0. The fraction of sp³-hybridized carbons (Fsp3) is 0.875. The summed E-state index contributed by atoms with van der Waals surface area (Å²) in [5.74, 6) is -0.489. The topological polar surface area (TPSA) is 68.2 Å². The predicted octanol–water partition coefficient (Wildman–Crippen LogP) is -0.275. The summed E-state index contributed by atoms with van der Waals surface area (Å²) in [6, 6.07) is 0. The van der Waals surface area contributed by atoms with Crippen LogP contribution in [0.3, 0.4) is 0 Å². The smallest absolute Gasteiger partial charge is 0.330 e. The molecule has 0 aliphatic heterocycles. The number of carbonyl (C=O) groups is 1. The third kappa shape index (κ3) is 3.22. The van der Waals surface area contributed by atoms with Gasteiger partial charge in [-0.3, -0.25) is 9.68 Å². The first-order valence-electron chi connectivity index (χ1n) is 4.17. The molecule has 0 saturated heterocycles. The lowest BCUT2D eigenvalue weighted by atomic mass is 10.1. The molecule has 0 spiro atoms.